The van der Waals surface area contributed by atoms with E-state index in [2.05, 4.69) is 30.5 Å². The first-order valence-electron chi connectivity index (χ1n) is 5.37. The lowest BCUT2D eigenvalue weighted by atomic mass is 10.2. The Labute approximate surface area is 108 Å². The number of nitrogens with zero attached hydrogens (tertiary/aromatic N) is 1. The number of aryl methyl sites for hydroxylation is 2. The van der Waals surface area contributed by atoms with Gasteiger partial charge in [0.05, 0.1) is 20.8 Å². The number of hydrogen-bond acceptors (Lipinski definition) is 4. The highest BCUT2D eigenvalue weighted by Gasteiger charge is 2.13. The van der Waals surface area contributed by atoms with Gasteiger partial charge in [-0.25, -0.2) is 4.98 Å². The van der Waals surface area contributed by atoms with Crippen LogP contribution < -0.4 is 5.73 Å². The SMILES string of the molecule is Cc1csc(-c2nc3c(C)cccc3s2)c1N. The first kappa shape index (κ1) is 10.7. The van der Waals surface area contributed by atoms with Crippen LogP contribution in [0.5, 0.6) is 0 Å². The van der Waals surface area contributed by atoms with E-state index >= 15 is 0 Å². The Kier molecular flexibility index (Phi) is 2.42. The van der Waals surface area contributed by atoms with Gasteiger partial charge in [-0.3, -0.25) is 0 Å². The third-order valence-electron chi connectivity index (χ3n) is 2.84. The minimum absolute atomic E-state index is 0.867. The number of thiazole rings is 1. The molecule has 1 aromatic carbocycles. The Bertz CT molecular complexity index is 695. The van der Waals surface area contributed by atoms with Gasteiger partial charge in [0.1, 0.15) is 5.01 Å². The zero-order valence-electron chi connectivity index (χ0n) is 9.65. The van der Waals surface area contributed by atoms with Gasteiger partial charge in [0.25, 0.3) is 0 Å². The number of rotatable bonds is 1. The lowest BCUT2D eigenvalue weighted by molar-refractivity contribution is 1.43. The predicted octanol–water partition coefficient (Wildman–Crippen LogP) is 4.22. The molecule has 0 radical (unpaired) electrons. The summed E-state index contributed by atoms with van der Waals surface area (Å²) in [4.78, 5) is 5.81. The molecular formula is C13H12N2S2. The van der Waals surface area contributed by atoms with Gasteiger partial charge in [-0.15, -0.1) is 22.7 Å². The molecule has 0 spiro atoms. The van der Waals surface area contributed by atoms with Crippen LogP contribution in [0.15, 0.2) is 23.6 Å². The smallest absolute Gasteiger partial charge is 0.136 e. The molecule has 2 aromatic heterocycles. The zero-order chi connectivity index (χ0) is 12.0. The molecule has 0 atom stereocenters. The van der Waals surface area contributed by atoms with Crippen molar-refractivity contribution < 1.29 is 0 Å². The summed E-state index contributed by atoms with van der Waals surface area (Å²) in [6, 6.07) is 6.28. The fourth-order valence-electron chi connectivity index (χ4n) is 1.80. The summed E-state index contributed by atoms with van der Waals surface area (Å²) in [6.45, 7) is 4.13. The van der Waals surface area contributed by atoms with E-state index in [-0.39, 0.29) is 0 Å². The molecule has 3 rings (SSSR count). The highest BCUT2D eigenvalue weighted by atomic mass is 32.1. The normalized spacial score (nSPS) is 11.2. The van der Waals surface area contributed by atoms with Gasteiger partial charge in [0.2, 0.25) is 0 Å². The molecule has 0 saturated heterocycles. The van der Waals surface area contributed by atoms with Crippen molar-refractivity contribution in [1.82, 2.24) is 4.98 Å². The molecule has 2 N–H and O–H groups in total. The molecule has 17 heavy (non-hydrogen) atoms. The summed E-state index contributed by atoms with van der Waals surface area (Å²) in [5, 5.41) is 3.12. The summed E-state index contributed by atoms with van der Waals surface area (Å²) in [6.07, 6.45) is 0. The molecule has 0 fully saturated rings. The van der Waals surface area contributed by atoms with Crippen molar-refractivity contribution in [3.63, 3.8) is 0 Å². The van der Waals surface area contributed by atoms with Crippen LogP contribution in [0.1, 0.15) is 11.1 Å². The van der Waals surface area contributed by atoms with Gasteiger partial charge in [-0.05, 0) is 36.4 Å². The molecule has 0 aliphatic carbocycles. The molecule has 4 heteroatoms. The Balaban J connectivity index is 2.25. The summed E-state index contributed by atoms with van der Waals surface area (Å²) >= 11 is 3.38. The molecule has 0 bridgehead atoms. The van der Waals surface area contributed by atoms with Crippen LogP contribution in [0.3, 0.4) is 0 Å². The molecule has 0 amide bonds. The zero-order valence-corrected chi connectivity index (χ0v) is 11.3. The van der Waals surface area contributed by atoms with Crippen molar-refractivity contribution in [3.05, 3.63) is 34.7 Å². The van der Waals surface area contributed by atoms with Crippen LogP contribution in [0.2, 0.25) is 0 Å². The number of hydrogen-bond donors (Lipinski definition) is 1. The molecule has 0 aliphatic rings. The minimum Gasteiger partial charge on any atom is -0.397 e. The monoisotopic (exact) mass is 260 g/mol. The first-order chi connectivity index (χ1) is 8.16. The summed E-state index contributed by atoms with van der Waals surface area (Å²) < 4.78 is 1.23. The summed E-state index contributed by atoms with van der Waals surface area (Å²) in [5.74, 6) is 0. The van der Waals surface area contributed by atoms with E-state index in [1.807, 2.05) is 6.92 Å². The maximum Gasteiger partial charge on any atom is 0.136 e. The van der Waals surface area contributed by atoms with E-state index in [1.165, 1.54) is 10.3 Å². The van der Waals surface area contributed by atoms with Gasteiger partial charge in [0.15, 0.2) is 0 Å². The second-order valence-corrected chi connectivity index (χ2v) is 6.01. The lowest BCUT2D eigenvalue weighted by Gasteiger charge is -1.94. The average Bonchev–Trinajstić information content (AvgIpc) is 2.85. The van der Waals surface area contributed by atoms with E-state index in [1.54, 1.807) is 22.7 Å². The van der Waals surface area contributed by atoms with Gasteiger partial charge < -0.3 is 5.73 Å². The fourth-order valence-corrected chi connectivity index (χ4v) is 3.93. The van der Waals surface area contributed by atoms with Crippen LogP contribution >= 0.6 is 22.7 Å². The Morgan fingerprint density at radius 2 is 2.00 bits per heavy atom. The van der Waals surface area contributed by atoms with Crippen LogP contribution in [0, 0.1) is 13.8 Å². The molecule has 0 saturated carbocycles. The van der Waals surface area contributed by atoms with Crippen molar-refractivity contribution in [2.24, 2.45) is 0 Å². The molecular weight excluding hydrogens is 248 g/mol. The van der Waals surface area contributed by atoms with E-state index in [0.29, 0.717) is 0 Å². The minimum atomic E-state index is 0.867. The Morgan fingerprint density at radius 1 is 1.18 bits per heavy atom. The van der Waals surface area contributed by atoms with Gasteiger partial charge in [-0.2, -0.15) is 0 Å². The molecule has 3 aromatic rings. The number of para-hydroxylation sites is 1. The topological polar surface area (TPSA) is 38.9 Å². The first-order valence-corrected chi connectivity index (χ1v) is 7.06. The van der Waals surface area contributed by atoms with Crippen LogP contribution in [-0.4, -0.2) is 4.98 Å². The number of aromatic nitrogens is 1. The van der Waals surface area contributed by atoms with Crippen molar-refractivity contribution in [1.29, 1.82) is 0 Å². The Hall–Kier alpha value is -1.39. The van der Waals surface area contributed by atoms with Crippen LogP contribution in [0.25, 0.3) is 20.1 Å². The number of benzene rings is 1. The molecule has 0 aliphatic heterocycles. The Morgan fingerprint density at radius 3 is 2.65 bits per heavy atom. The summed E-state index contributed by atoms with van der Waals surface area (Å²) in [7, 11) is 0. The maximum absolute atomic E-state index is 6.07. The number of anilines is 1. The second-order valence-electron chi connectivity index (χ2n) is 4.10. The number of thiophene rings is 1. The summed E-state index contributed by atoms with van der Waals surface area (Å²) in [5.41, 5.74) is 10.4. The average molecular weight is 260 g/mol. The number of nitrogens with two attached hydrogens (primary N) is 1. The van der Waals surface area contributed by atoms with E-state index in [9.17, 15) is 0 Å². The highest BCUT2D eigenvalue weighted by molar-refractivity contribution is 7.25. The highest BCUT2D eigenvalue weighted by Crippen LogP contribution is 2.39. The van der Waals surface area contributed by atoms with Gasteiger partial charge >= 0.3 is 0 Å². The molecule has 2 heterocycles. The van der Waals surface area contributed by atoms with Crippen molar-refractivity contribution in [2.45, 2.75) is 13.8 Å². The van der Waals surface area contributed by atoms with Crippen molar-refractivity contribution >= 4 is 38.6 Å². The van der Waals surface area contributed by atoms with Crippen LogP contribution in [-0.2, 0) is 0 Å². The van der Waals surface area contributed by atoms with E-state index in [0.717, 1.165) is 26.7 Å². The fraction of sp³-hybridized carbons (Fsp3) is 0.154. The van der Waals surface area contributed by atoms with E-state index < -0.39 is 0 Å². The standard InChI is InChI=1S/C13H12N2S2/c1-7-4-3-5-9-11(7)15-13(17-9)12-10(14)8(2)6-16-12/h3-6H,14H2,1-2H3. The largest absolute Gasteiger partial charge is 0.397 e. The number of nitrogen functional groups attached to an aromatic ring is 1. The predicted molar refractivity (Wildman–Crippen MR) is 76.8 cm³/mol. The van der Waals surface area contributed by atoms with Gasteiger partial charge in [0, 0.05) is 0 Å². The lowest BCUT2D eigenvalue weighted by Crippen LogP contribution is -1.86. The van der Waals surface area contributed by atoms with Crippen LogP contribution in [0.4, 0.5) is 5.69 Å². The third-order valence-corrected chi connectivity index (χ3v) is 5.13. The third kappa shape index (κ3) is 1.64. The van der Waals surface area contributed by atoms with Crippen molar-refractivity contribution in [2.75, 3.05) is 5.73 Å². The second kappa shape index (κ2) is 3.82. The molecule has 0 unspecified atom stereocenters. The molecule has 86 valence electrons. The molecule has 2 nitrogen and oxygen atoms in total. The van der Waals surface area contributed by atoms with E-state index in [4.69, 9.17) is 10.7 Å². The maximum atomic E-state index is 6.07. The van der Waals surface area contributed by atoms with Gasteiger partial charge in [-0.1, -0.05) is 12.1 Å². The quantitative estimate of drug-likeness (QED) is 0.711. The number of fused-ring (bicyclic) bond motifs is 1. The van der Waals surface area contributed by atoms with Crippen molar-refractivity contribution in [3.8, 4) is 9.88 Å².